The number of methoxy groups -OCH3 is 2. The molecule has 8 heteroatoms. The predicted molar refractivity (Wildman–Crippen MR) is 151 cm³/mol. The first kappa shape index (κ1) is 27.5. The molecule has 7 nitrogen and oxygen atoms in total. The van der Waals surface area contributed by atoms with E-state index in [1.165, 1.54) is 0 Å². The molecule has 36 heavy (non-hydrogen) atoms. The number of fused-ring (bicyclic) bond motifs is 1. The molecule has 1 atom stereocenters. The second-order valence-corrected chi connectivity index (χ2v) is 9.19. The van der Waals surface area contributed by atoms with Crippen LogP contribution in [0.25, 0.3) is 10.9 Å². The van der Waals surface area contributed by atoms with Crippen molar-refractivity contribution in [1.29, 1.82) is 0 Å². The van der Waals surface area contributed by atoms with Crippen LogP contribution in [0, 0.1) is 0 Å². The number of thiocarbonyl (C=S) groups is 1. The normalized spacial score (nSPS) is 11.9. The van der Waals surface area contributed by atoms with Crippen LogP contribution in [-0.4, -0.2) is 60.3 Å². The Kier molecular flexibility index (Phi) is 10.1. The Morgan fingerprint density at radius 3 is 2.33 bits per heavy atom. The average molecular weight is 511 g/mol. The molecule has 3 aromatic rings. The van der Waals surface area contributed by atoms with Crippen molar-refractivity contribution in [1.82, 2.24) is 20.1 Å². The van der Waals surface area contributed by atoms with Gasteiger partial charge in [0, 0.05) is 23.6 Å². The molecular formula is C28H38N4O3S. The SMILES string of the molecule is CCN(CC)CCCN(Cc1cc2cc(OC)c(OC)cc2[nH]c1=O)C(=S)NC(C)c1ccccc1. The highest BCUT2D eigenvalue weighted by Gasteiger charge is 2.17. The highest BCUT2D eigenvalue weighted by Crippen LogP contribution is 2.31. The van der Waals surface area contributed by atoms with E-state index in [1.54, 1.807) is 20.3 Å². The van der Waals surface area contributed by atoms with E-state index < -0.39 is 0 Å². The van der Waals surface area contributed by atoms with Crippen LogP contribution in [0.2, 0.25) is 0 Å². The first-order chi connectivity index (χ1) is 17.4. The second-order valence-electron chi connectivity index (χ2n) is 8.80. The Hall–Kier alpha value is -3.10. The lowest BCUT2D eigenvalue weighted by Crippen LogP contribution is -2.42. The van der Waals surface area contributed by atoms with E-state index in [9.17, 15) is 4.79 Å². The molecule has 2 N–H and O–H groups in total. The van der Waals surface area contributed by atoms with E-state index in [0.717, 1.165) is 43.5 Å². The molecule has 3 rings (SSSR count). The molecule has 1 heterocycles. The monoisotopic (exact) mass is 510 g/mol. The summed E-state index contributed by atoms with van der Waals surface area (Å²) in [6, 6.07) is 15.9. The predicted octanol–water partition coefficient (Wildman–Crippen LogP) is 4.71. The van der Waals surface area contributed by atoms with Crippen molar-refractivity contribution in [2.75, 3.05) is 40.4 Å². The summed E-state index contributed by atoms with van der Waals surface area (Å²) in [5, 5.41) is 4.98. The third-order valence-electron chi connectivity index (χ3n) is 6.51. The fourth-order valence-corrected chi connectivity index (χ4v) is 4.61. The van der Waals surface area contributed by atoms with Crippen LogP contribution in [0.5, 0.6) is 11.5 Å². The number of H-pyrrole nitrogens is 1. The first-order valence-electron chi connectivity index (χ1n) is 12.5. The molecule has 0 bridgehead atoms. The van der Waals surface area contributed by atoms with E-state index in [4.69, 9.17) is 21.7 Å². The van der Waals surface area contributed by atoms with Crippen molar-refractivity contribution in [2.24, 2.45) is 0 Å². The highest BCUT2D eigenvalue weighted by atomic mass is 32.1. The van der Waals surface area contributed by atoms with E-state index in [2.05, 4.69) is 53.0 Å². The topological polar surface area (TPSA) is 69.8 Å². The third kappa shape index (κ3) is 6.98. The maximum Gasteiger partial charge on any atom is 0.253 e. The van der Waals surface area contributed by atoms with Crippen molar-refractivity contribution in [3.63, 3.8) is 0 Å². The van der Waals surface area contributed by atoms with Gasteiger partial charge in [0.15, 0.2) is 16.6 Å². The number of hydrogen-bond acceptors (Lipinski definition) is 5. The maximum atomic E-state index is 13.0. The smallest absolute Gasteiger partial charge is 0.253 e. The first-order valence-corrected chi connectivity index (χ1v) is 12.9. The van der Waals surface area contributed by atoms with Crippen LogP contribution in [0.4, 0.5) is 0 Å². The molecule has 0 aliphatic rings. The van der Waals surface area contributed by atoms with Gasteiger partial charge in [-0.3, -0.25) is 4.79 Å². The summed E-state index contributed by atoms with van der Waals surface area (Å²) < 4.78 is 10.8. The number of nitrogens with one attached hydrogen (secondary N) is 2. The van der Waals surface area contributed by atoms with Gasteiger partial charge < -0.3 is 29.6 Å². The van der Waals surface area contributed by atoms with Gasteiger partial charge in [0.2, 0.25) is 0 Å². The van der Waals surface area contributed by atoms with Crippen molar-refractivity contribution in [2.45, 2.75) is 39.8 Å². The molecule has 1 unspecified atom stereocenters. The molecule has 2 aromatic carbocycles. The minimum Gasteiger partial charge on any atom is -0.493 e. The van der Waals surface area contributed by atoms with Crippen LogP contribution in [0.1, 0.15) is 44.4 Å². The largest absolute Gasteiger partial charge is 0.493 e. The van der Waals surface area contributed by atoms with Crippen LogP contribution < -0.4 is 20.3 Å². The minimum absolute atomic E-state index is 0.0515. The van der Waals surface area contributed by atoms with Crippen molar-refractivity contribution >= 4 is 28.2 Å². The van der Waals surface area contributed by atoms with Gasteiger partial charge in [0.25, 0.3) is 5.56 Å². The van der Waals surface area contributed by atoms with E-state index in [0.29, 0.717) is 34.2 Å². The van der Waals surface area contributed by atoms with E-state index in [-0.39, 0.29) is 11.6 Å². The van der Waals surface area contributed by atoms with Crippen LogP contribution >= 0.6 is 12.2 Å². The summed E-state index contributed by atoms with van der Waals surface area (Å²) >= 11 is 5.85. The zero-order chi connectivity index (χ0) is 26.1. The molecule has 0 fully saturated rings. The highest BCUT2D eigenvalue weighted by molar-refractivity contribution is 7.80. The molecule has 0 amide bonds. The van der Waals surface area contributed by atoms with Gasteiger partial charge in [-0.15, -0.1) is 0 Å². The van der Waals surface area contributed by atoms with Gasteiger partial charge in [0.05, 0.1) is 32.3 Å². The number of ether oxygens (including phenoxy) is 2. The van der Waals surface area contributed by atoms with Gasteiger partial charge in [0.1, 0.15) is 0 Å². The maximum absolute atomic E-state index is 13.0. The Morgan fingerprint density at radius 1 is 1.03 bits per heavy atom. The molecule has 0 aliphatic carbocycles. The Bertz CT molecular complexity index is 1190. The molecule has 1 aromatic heterocycles. The van der Waals surface area contributed by atoms with Crippen molar-refractivity contribution < 1.29 is 9.47 Å². The Labute approximate surface area is 219 Å². The van der Waals surface area contributed by atoms with Crippen molar-refractivity contribution in [3.05, 3.63) is 70.0 Å². The second kappa shape index (κ2) is 13.3. The Balaban J connectivity index is 1.85. The number of hydrogen-bond donors (Lipinski definition) is 2. The Morgan fingerprint density at radius 2 is 1.69 bits per heavy atom. The summed E-state index contributed by atoms with van der Waals surface area (Å²) in [5.74, 6) is 1.19. The molecule has 0 spiro atoms. The fraction of sp³-hybridized carbons (Fsp3) is 0.429. The summed E-state index contributed by atoms with van der Waals surface area (Å²) in [4.78, 5) is 20.5. The van der Waals surface area contributed by atoms with Gasteiger partial charge in [-0.05, 0) is 62.9 Å². The molecular weight excluding hydrogens is 472 g/mol. The summed E-state index contributed by atoms with van der Waals surface area (Å²) in [6.07, 6.45) is 0.944. The number of nitrogens with zero attached hydrogens (tertiary/aromatic N) is 2. The zero-order valence-electron chi connectivity index (χ0n) is 22.0. The standard InChI is InChI=1S/C28H38N4O3S/c1-6-31(7-2)14-11-15-32(28(36)29-20(3)21-12-9-8-10-13-21)19-23-16-22-17-25(34-4)26(35-5)18-24(22)30-27(23)33/h8-10,12-13,16-18,20H,6-7,11,14-15,19H2,1-5H3,(H,29,36)(H,30,33). The van der Waals surface area contributed by atoms with Gasteiger partial charge in [-0.2, -0.15) is 0 Å². The fourth-order valence-electron chi connectivity index (χ4n) is 4.28. The van der Waals surface area contributed by atoms with Gasteiger partial charge in [-0.1, -0.05) is 44.2 Å². The number of aromatic amines is 1. The lowest BCUT2D eigenvalue weighted by molar-refractivity contribution is 0.279. The molecule has 0 radical (unpaired) electrons. The number of pyridine rings is 1. The number of rotatable bonds is 12. The van der Waals surface area contributed by atoms with Crippen LogP contribution in [0.3, 0.4) is 0 Å². The van der Waals surface area contributed by atoms with E-state index in [1.807, 2.05) is 30.3 Å². The average Bonchev–Trinajstić information content (AvgIpc) is 2.90. The van der Waals surface area contributed by atoms with Gasteiger partial charge in [-0.25, -0.2) is 0 Å². The minimum atomic E-state index is -0.137. The van der Waals surface area contributed by atoms with Crippen LogP contribution in [0.15, 0.2) is 53.3 Å². The van der Waals surface area contributed by atoms with E-state index >= 15 is 0 Å². The molecule has 0 saturated carbocycles. The van der Waals surface area contributed by atoms with Crippen molar-refractivity contribution in [3.8, 4) is 11.5 Å². The number of aromatic nitrogens is 1. The third-order valence-corrected chi connectivity index (χ3v) is 6.89. The lowest BCUT2D eigenvalue weighted by Gasteiger charge is -2.29. The summed E-state index contributed by atoms with van der Waals surface area (Å²) in [5.41, 5.74) is 2.37. The molecule has 194 valence electrons. The summed E-state index contributed by atoms with van der Waals surface area (Å²) in [7, 11) is 3.18. The zero-order valence-corrected chi connectivity index (χ0v) is 22.8. The number of benzene rings is 2. The van der Waals surface area contributed by atoms with Crippen LogP contribution in [-0.2, 0) is 6.54 Å². The molecule has 0 saturated heterocycles. The quantitative estimate of drug-likeness (QED) is 0.342. The lowest BCUT2D eigenvalue weighted by atomic mass is 10.1. The molecule has 0 aliphatic heterocycles. The summed E-state index contributed by atoms with van der Waals surface area (Å²) in [6.45, 7) is 10.6. The van der Waals surface area contributed by atoms with Gasteiger partial charge >= 0.3 is 0 Å².